The molecule has 0 saturated heterocycles. The van der Waals surface area contributed by atoms with Crippen LogP contribution in [-0.4, -0.2) is 13.4 Å². The van der Waals surface area contributed by atoms with Crippen molar-refractivity contribution in [3.05, 3.63) is 58.3 Å². The smallest absolute Gasteiger partial charge is 0.241 e. The van der Waals surface area contributed by atoms with Gasteiger partial charge in [-0.3, -0.25) is 4.98 Å². The van der Waals surface area contributed by atoms with Gasteiger partial charge in [0, 0.05) is 22.9 Å². The van der Waals surface area contributed by atoms with Gasteiger partial charge in [0.1, 0.15) is 0 Å². The first kappa shape index (κ1) is 15.2. The maximum atomic E-state index is 12.3. The highest BCUT2D eigenvalue weighted by molar-refractivity contribution is 9.10. The summed E-state index contributed by atoms with van der Waals surface area (Å²) < 4.78 is 28.2. The molecule has 0 saturated carbocycles. The van der Waals surface area contributed by atoms with Crippen LogP contribution < -0.4 is 4.72 Å². The molecule has 0 amide bonds. The number of nitrogens with one attached hydrogen (secondary N) is 1. The summed E-state index contributed by atoms with van der Waals surface area (Å²) in [5, 5.41) is 0. The third kappa shape index (κ3) is 3.45. The molecule has 1 unspecified atom stereocenters. The third-order valence-electron chi connectivity index (χ3n) is 2.98. The fraction of sp³-hybridized carbons (Fsp3) is 0.214. The van der Waals surface area contributed by atoms with Gasteiger partial charge in [-0.15, -0.1) is 0 Å². The first-order chi connectivity index (χ1) is 9.40. The molecule has 1 N–H and O–H groups in total. The standard InChI is InChI=1S/C14H15BrN2O2S/c1-10-9-13(3-4-14(10)15)20(18,19)17-11(2)12-5-7-16-8-6-12/h3-9,11,17H,1-2H3. The van der Waals surface area contributed by atoms with Crippen LogP contribution in [0, 0.1) is 6.92 Å². The molecule has 4 nitrogen and oxygen atoms in total. The van der Waals surface area contributed by atoms with E-state index in [-0.39, 0.29) is 10.9 Å². The highest BCUT2D eigenvalue weighted by Gasteiger charge is 2.18. The van der Waals surface area contributed by atoms with E-state index in [2.05, 4.69) is 25.6 Å². The van der Waals surface area contributed by atoms with Crippen LogP contribution in [0.15, 0.2) is 52.1 Å². The van der Waals surface area contributed by atoms with Crippen molar-refractivity contribution in [3.8, 4) is 0 Å². The van der Waals surface area contributed by atoms with Crippen molar-refractivity contribution in [1.29, 1.82) is 0 Å². The molecule has 0 aliphatic carbocycles. The summed E-state index contributed by atoms with van der Waals surface area (Å²) in [5.74, 6) is 0. The number of rotatable bonds is 4. The van der Waals surface area contributed by atoms with Gasteiger partial charge in [-0.1, -0.05) is 15.9 Å². The molecule has 106 valence electrons. The Balaban J connectivity index is 2.25. The van der Waals surface area contributed by atoms with Gasteiger partial charge in [0.2, 0.25) is 10.0 Å². The van der Waals surface area contributed by atoms with E-state index in [1.165, 1.54) is 0 Å². The zero-order chi connectivity index (χ0) is 14.8. The largest absolute Gasteiger partial charge is 0.265 e. The Labute approximate surface area is 127 Å². The Morgan fingerprint density at radius 2 is 1.85 bits per heavy atom. The predicted octanol–water partition coefficient (Wildman–Crippen LogP) is 3.19. The van der Waals surface area contributed by atoms with Crippen LogP contribution in [-0.2, 0) is 10.0 Å². The topological polar surface area (TPSA) is 59.1 Å². The zero-order valence-corrected chi connectivity index (χ0v) is 13.6. The summed E-state index contributed by atoms with van der Waals surface area (Å²) in [6, 6.07) is 8.23. The predicted molar refractivity (Wildman–Crippen MR) is 81.9 cm³/mol. The highest BCUT2D eigenvalue weighted by atomic mass is 79.9. The molecule has 1 heterocycles. The normalized spacial score (nSPS) is 13.2. The SMILES string of the molecule is Cc1cc(S(=O)(=O)NC(C)c2ccncc2)ccc1Br. The maximum absolute atomic E-state index is 12.3. The van der Waals surface area contributed by atoms with Crippen LogP contribution in [0.3, 0.4) is 0 Å². The van der Waals surface area contributed by atoms with E-state index in [0.29, 0.717) is 0 Å². The fourth-order valence-corrected chi connectivity index (χ4v) is 3.37. The van der Waals surface area contributed by atoms with E-state index in [1.807, 2.05) is 6.92 Å². The summed E-state index contributed by atoms with van der Waals surface area (Å²) in [7, 11) is -3.54. The van der Waals surface area contributed by atoms with Crippen molar-refractivity contribution in [3.63, 3.8) is 0 Å². The van der Waals surface area contributed by atoms with Crippen LogP contribution in [0.4, 0.5) is 0 Å². The van der Waals surface area contributed by atoms with Crippen molar-refractivity contribution in [2.45, 2.75) is 24.8 Å². The molecule has 2 rings (SSSR count). The van der Waals surface area contributed by atoms with Gasteiger partial charge in [0.15, 0.2) is 0 Å². The second-order valence-electron chi connectivity index (χ2n) is 4.53. The van der Waals surface area contributed by atoms with Crippen molar-refractivity contribution >= 4 is 26.0 Å². The molecule has 0 fully saturated rings. The number of aromatic nitrogens is 1. The Bertz CT molecular complexity index is 702. The van der Waals surface area contributed by atoms with Crippen LogP contribution >= 0.6 is 15.9 Å². The number of nitrogens with zero attached hydrogens (tertiary/aromatic N) is 1. The lowest BCUT2D eigenvalue weighted by molar-refractivity contribution is 0.566. The monoisotopic (exact) mass is 354 g/mol. The minimum Gasteiger partial charge on any atom is -0.265 e. The quantitative estimate of drug-likeness (QED) is 0.916. The first-order valence-corrected chi connectivity index (χ1v) is 8.36. The summed E-state index contributed by atoms with van der Waals surface area (Å²) in [4.78, 5) is 4.18. The molecular formula is C14H15BrN2O2S. The number of halogens is 1. The van der Waals surface area contributed by atoms with E-state index in [0.717, 1.165) is 15.6 Å². The number of aryl methyl sites for hydroxylation is 1. The van der Waals surface area contributed by atoms with Crippen molar-refractivity contribution in [2.24, 2.45) is 0 Å². The van der Waals surface area contributed by atoms with Gasteiger partial charge in [0.05, 0.1) is 4.90 Å². The average Bonchev–Trinajstić information content (AvgIpc) is 2.42. The van der Waals surface area contributed by atoms with E-state index in [4.69, 9.17) is 0 Å². The molecule has 20 heavy (non-hydrogen) atoms. The summed E-state index contributed by atoms with van der Waals surface area (Å²) in [5.41, 5.74) is 1.75. The van der Waals surface area contributed by atoms with E-state index >= 15 is 0 Å². The molecule has 2 aromatic rings. The van der Waals surface area contributed by atoms with Gasteiger partial charge in [0.25, 0.3) is 0 Å². The zero-order valence-electron chi connectivity index (χ0n) is 11.2. The maximum Gasteiger partial charge on any atom is 0.241 e. The second kappa shape index (κ2) is 6.03. The molecule has 0 aliphatic heterocycles. The number of pyridine rings is 1. The van der Waals surface area contributed by atoms with Gasteiger partial charge < -0.3 is 0 Å². The van der Waals surface area contributed by atoms with Crippen molar-refractivity contribution in [1.82, 2.24) is 9.71 Å². The lowest BCUT2D eigenvalue weighted by Crippen LogP contribution is -2.27. The van der Waals surface area contributed by atoms with Gasteiger partial charge in [-0.2, -0.15) is 0 Å². The molecule has 1 aromatic carbocycles. The second-order valence-corrected chi connectivity index (χ2v) is 7.10. The van der Waals surface area contributed by atoms with Crippen LogP contribution in [0.5, 0.6) is 0 Å². The molecular weight excluding hydrogens is 340 g/mol. The van der Waals surface area contributed by atoms with Gasteiger partial charge >= 0.3 is 0 Å². The first-order valence-electron chi connectivity index (χ1n) is 6.08. The number of sulfonamides is 1. The van der Waals surface area contributed by atoms with Crippen molar-refractivity contribution in [2.75, 3.05) is 0 Å². The van der Waals surface area contributed by atoms with Crippen LogP contribution in [0.1, 0.15) is 24.1 Å². The highest BCUT2D eigenvalue weighted by Crippen LogP contribution is 2.21. The van der Waals surface area contributed by atoms with E-state index in [9.17, 15) is 8.42 Å². The molecule has 6 heteroatoms. The average molecular weight is 355 g/mol. The minimum absolute atomic E-state index is 0.263. The summed E-state index contributed by atoms with van der Waals surface area (Å²) in [6.07, 6.45) is 3.29. The molecule has 1 atom stereocenters. The molecule has 0 aliphatic rings. The van der Waals surface area contributed by atoms with E-state index < -0.39 is 10.0 Å². The fourth-order valence-electron chi connectivity index (χ4n) is 1.81. The molecule has 1 aromatic heterocycles. The number of hydrogen-bond acceptors (Lipinski definition) is 3. The lowest BCUT2D eigenvalue weighted by atomic mass is 10.1. The van der Waals surface area contributed by atoms with Crippen molar-refractivity contribution < 1.29 is 8.42 Å². The number of hydrogen-bond donors (Lipinski definition) is 1. The Hall–Kier alpha value is -1.24. The van der Waals surface area contributed by atoms with Gasteiger partial charge in [-0.25, -0.2) is 13.1 Å². The summed E-state index contributed by atoms with van der Waals surface area (Å²) >= 11 is 3.36. The number of benzene rings is 1. The Morgan fingerprint density at radius 3 is 2.45 bits per heavy atom. The minimum atomic E-state index is -3.54. The molecule has 0 radical (unpaired) electrons. The third-order valence-corrected chi connectivity index (χ3v) is 5.41. The summed E-state index contributed by atoms with van der Waals surface area (Å²) in [6.45, 7) is 3.66. The lowest BCUT2D eigenvalue weighted by Gasteiger charge is -2.15. The van der Waals surface area contributed by atoms with Crippen LogP contribution in [0.2, 0.25) is 0 Å². The molecule has 0 bridgehead atoms. The van der Waals surface area contributed by atoms with Crippen LogP contribution in [0.25, 0.3) is 0 Å². The Kier molecular flexibility index (Phi) is 4.57. The van der Waals surface area contributed by atoms with Gasteiger partial charge in [-0.05, 0) is 55.3 Å². The van der Waals surface area contributed by atoms with E-state index in [1.54, 1.807) is 49.6 Å². The molecule has 0 spiro atoms. The Morgan fingerprint density at radius 1 is 1.20 bits per heavy atom.